The van der Waals surface area contributed by atoms with E-state index in [1.165, 1.54) is 176 Å². The lowest BCUT2D eigenvalue weighted by atomic mass is 9.81. The van der Waals surface area contributed by atoms with Crippen LogP contribution >= 0.6 is 0 Å². The molecule has 0 amide bonds. The summed E-state index contributed by atoms with van der Waals surface area (Å²) < 4.78 is 58.2. The number of carbonyl (C=O) groups excluding carboxylic acids is 1. The summed E-state index contributed by atoms with van der Waals surface area (Å²) in [6, 6.07) is 0. The third-order valence-corrected chi connectivity index (χ3v) is 17.8. The molecule has 6 N–H and O–H groups in total. The summed E-state index contributed by atoms with van der Waals surface area (Å²) in [6.07, 6.45) is 50.5. The van der Waals surface area contributed by atoms with Crippen molar-refractivity contribution in [1.82, 2.24) is 39.0 Å². The normalized spacial score (nSPS) is 21.3. The van der Waals surface area contributed by atoms with Crippen LogP contribution in [0.4, 0.5) is 25.2 Å². The van der Waals surface area contributed by atoms with Crippen LogP contribution in [0.5, 0.6) is 0 Å². The summed E-state index contributed by atoms with van der Waals surface area (Å²) in [5.74, 6) is 3.53. The van der Waals surface area contributed by atoms with Crippen molar-refractivity contribution in [2.24, 2.45) is 11.8 Å². The van der Waals surface area contributed by atoms with Crippen LogP contribution in [0.1, 0.15) is 270 Å². The predicted molar refractivity (Wildman–Crippen MR) is 326 cm³/mol. The molecule has 4 aromatic heterocycles. The van der Waals surface area contributed by atoms with Crippen molar-refractivity contribution < 1.29 is 42.7 Å². The zero-order valence-corrected chi connectivity index (χ0v) is 51.0. The number of aromatic nitrogens is 8. The molecule has 0 saturated carbocycles. The molecule has 2 aliphatic rings. The maximum absolute atomic E-state index is 14.7. The number of imidazole rings is 2. The number of aliphatic hydroxyl groups excluding tert-OH is 2. The molecule has 2 saturated heterocycles. The standard InChI is InChI=1S/C65H102F2N10O7/c1-5-9-11-13-15-17-19-21-23-25-27-29-31-33-35-37-39-41-51(49-43-53(83-64(49,7-3)45-78)76-47-70-55-57(68)72-61(66)74-59(55)76)81-63(80)82-52(42-40-38-36-34-32-30-28-26-24-22-20-18-16-14-12-10-6-2)50-44-54(84-65(50,8-4)46-79)77-48-71-56-58(69)73-62(67)75-60(56)77/h3-4,47-54,78-79H,5-6,9-46H2,1-2H3,(H2,68,72,74)(H2,69,73,75). The van der Waals surface area contributed by atoms with E-state index in [-0.39, 0.29) is 46.8 Å². The van der Waals surface area contributed by atoms with E-state index in [1.54, 1.807) is 0 Å². The number of terminal acetylenes is 2. The fourth-order valence-electron chi connectivity index (χ4n) is 12.8. The van der Waals surface area contributed by atoms with E-state index < -0.39 is 79.2 Å². The summed E-state index contributed by atoms with van der Waals surface area (Å²) in [5.41, 5.74) is 9.26. The molecular formula is C65H102F2N10O7. The van der Waals surface area contributed by atoms with Crippen LogP contribution in [0.25, 0.3) is 22.3 Å². The number of hydrogen-bond donors (Lipinski definition) is 4. The van der Waals surface area contributed by atoms with Crippen LogP contribution in [0.15, 0.2) is 12.7 Å². The Kier molecular flexibility index (Phi) is 29.7. The lowest BCUT2D eigenvalue weighted by molar-refractivity contribution is -0.108. The van der Waals surface area contributed by atoms with Gasteiger partial charge in [-0.2, -0.15) is 28.7 Å². The number of fused-ring (bicyclic) bond motifs is 2. The molecule has 2 fully saturated rings. The fourth-order valence-corrected chi connectivity index (χ4v) is 12.8. The molecule has 6 rings (SSSR count). The lowest BCUT2D eigenvalue weighted by Gasteiger charge is -2.35. The van der Waals surface area contributed by atoms with Crippen molar-refractivity contribution in [2.45, 2.75) is 294 Å². The Labute approximate surface area is 499 Å². The number of hydrogen-bond acceptors (Lipinski definition) is 15. The first-order valence-corrected chi connectivity index (χ1v) is 32.7. The van der Waals surface area contributed by atoms with Gasteiger partial charge in [-0.05, 0) is 25.7 Å². The first kappa shape index (κ1) is 67.9. The van der Waals surface area contributed by atoms with Crippen LogP contribution in [-0.4, -0.2) is 92.0 Å². The third-order valence-electron chi connectivity index (χ3n) is 17.8. The molecule has 0 bridgehead atoms. The molecule has 0 radical (unpaired) electrons. The third kappa shape index (κ3) is 19.9. The summed E-state index contributed by atoms with van der Waals surface area (Å²) in [5, 5.41) is 22.2. The van der Waals surface area contributed by atoms with Crippen LogP contribution in [0.3, 0.4) is 0 Å². The second kappa shape index (κ2) is 36.7. The van der Waals surface area contributed by atoms with E-state index in [0.29, 0.717) is 25.7 Å². The maximum atomic E-state index is 14.7. The van der Waals surface area contributed by atoms with Crippen molar-refractivity contribution in [2.75, 3.05) is 24.7 Å². The van der Waals surface area contributed by atoms with E-state index in [0.717, 1.165) is 51.4 Å². The van der Waals surface area contributed by atoms with Gasteiger partial charge in [0.1, 0.15) is 24.7 Å². The van der Waals surface area contributed by atoms with Crippen molar-refractivity contribution in [3.05, 3.63) is 24.8 Å². The topological polar surface area (TPSA) is 234 Å². The largest absolute Gasteiger partial charge is 0.508 e. The number of nitrogens with two attached hydrogens (primary N) is 2. The SMILES string of the molecule is C#CC1(CO)OC(n2cnc3c(N)nc(F)nc32)CC1C(CCCCCCCCCCCCCCCCCCC)OC(=O)OC(CCCCCCCCCCCCCCCCCCC)C1CC(n2cnc3c(N)nc(F)nc32)OC1(C#C)CO. The highest BCUT2D eigenvalue weighted by atomic mass is 19.1. The van der Waals surface area contributed by atoms with Crippen molar-refractivity contribution >= 4 is 40.1 Å². The van der Waals surface area contributed by atoms with Gasteiger partial charge in [-0.15, -0.1) is 12.8 Å². The molecule has 0 aliphatic carbocycles. The van der Waals surface area contributed by atoms with E-state index in [4.69, 9.17) is 43.3 Å². The smallest absolute Gasteiger partial charge is 0.431 e. The number of unbranched alkanes of at least 4 members (excludes halogenated alkanes) is 32. The van der Waals surface area contributed by atoms with Crippen LogP contribution in [0, 0.1) is 48.7 Å². The number of anilines is 2. The quantitative estimate of drug-likeness (QED) is 0.0140. The average molecular weight is 1170 g/mol. The van der Waals surface area contributed by atoms with Crippen LogP contribution < -0.4 is 11.5 Å². The Hall–Kier alpha value is -5.21. The molecule has 2 aliphatic heterocycles. The molecule has 468 valence electrons. The minimum atomic E-state index is -1.65. The van der Waals surface area contributed by atoms with E-state index in [1.807, 2.05) is 0 Å². The van der Waals surface area contributed by atoms with Gasteiger partial charge < -0.3 is 40.6 Å². The number of rotatable bonds is 44. The monoisotopic (exact) mass is 1170 g/mol. The first-order valence-electron chi connectivity index (χ1n) is 32.7. The minimum Gasteiger partial charge on any atom is -0.431 e. The zero-order valence-electron chi connectivity index (χ0n) is 51.0. The Morgan fingerprint density at radius 2 is 0.833 bits per heavy atom. The van der Waals surface area contributed by atoms with Gasteiger partial charge in [-0.1, -0.05) is 231 Å². The molecule has 4 aromatic rings. The molecule has 6 heterocycles. The number of ether oxygens (including phenoxy) is 4. The number of carbonyl (C=O) groups is 1. The van der Waals surface area contributed by atoms with Gasteiger partial charge in [-0.25, -0.2) is 14.8 Å². The van der Waals surface area contributed by atoms with Gasteiger partial charge in [0.2, 0.25) is 0 Å². The predicted octanol–water partition coefficient (Wildman–Crippen LogP) is 14.9. The summed E-state index contributed by atoms with van der Waals surface area (Å²) in [4.78, 5) is 38.5. The lowest BCUT2D eigenvalue weighted by Crippen LogP contribution is -2.47. The molecule has 19 heteroatoms. The molecule has 84 heavy (non-hydrogen) atoms. The molecule has 17 nitrogen and oxygen atoms in total. The van der Waals surface area contributed by atoms with Crippen LogP contribution in [0.2, 0.25) is 0 Å². The number of aliphatic hydroxyl groups is 2. The highest BCUT2D eigenvalue weighted by Crippen LogP contribution is 2.48. The van der Waals surface area contributed by atoms with Crippen LogP contribution in [-0.2, 0) is 18.9 Å². The number of nitrogens with zero attached hydrogens (tertiary/aromatic N) is 8. The summed E-state index contributed by atoms with van der Waals surface area (Å²) in [7, 11) is 0. The fraction of sp³-hybridized carbons (Fsp3) is 0.769. The van der Waals surface area contributed by atoms with E-state index in [2.05, 4.69) is 55.6 Å². The van der Waals surface area contributed by atoms with Gasteiger partial charge in [-0.3, -0.25) is 9.13 Å². The van der Waals surface area contributed by atoms with Gasteiger partial charge in [0.15, 0.2) is 45.2 Å². The summed E-state index contributed by atoms with van der Waals surface area (Å²) in [6.45, 7) is 3.27. The Balaban J connectivity index is 1.12. The van der Waals surface area contributed by atoms with Crippen molar-refractivity contribution in [3.63, 3.8) is 0 Å². The van der Waals surface area contributed by atoms with Crippen molar-refractivity contribution in [3.8, 4) is 24.7 Å². The van der Waals surface area contributed by atoms with Gasteiger partial charge in [0.05, 0.1) is 25.9 Å². The Morgan fingerprint density at radius 1 is 0.548 bits per heavy atom. The minimum absolute atomic E-state index is 0.0782. The Morgan fingerprint density at radius 3 is 1.11 bits per heavy atom. The van der Waals surface area contributed by atoms with Gasteiger partial charge in [0, 0.05) is 24.7 Å². The number of halogens is 2. The van der Waals surface area contributed by atoms with Gasteiger partial charge in [0.25, 0.3) is 0 Å². The second-order valence-electron chi connectivity index (χ2n) is 24.1. The molecule has 0 spiro atoms. The van der Waals surface area contributed by atoms with E-state index in [9.17, 15) is 23.8 Å². The second-order valence-corrected chi connectivity index (χ2v) is 24.1. The highest BCUT2D eigenvalue weighted by Gasteiger charge is 2.55. The molecule has 8 unspecified atom stereocenters. The van der Waals surface area contributed by atoms with E-state index >= 15 is 0 Å². The summed E-state index contributed by atoms with van der Waals surface area (Å²) >= 11 is 0. The van der Waals surface area contributed by atoms with Crippen molar-refractivity contribution in [1.29, 1.82) is 0 Å². The highest BCUT2D eigenvalue weighted by molar-refractivity contribution is 5.82. The maximum Gasteiger partial charge on any atom is 0.508 e. The number of nitrogen functional groups attached to an aromatic ring is 2. The zero-order chi connectivity index (χ0) is 60.0. The molecule has 0 aromatic carbocycles. The first-order chi connectivity index (χ1) is 41.0. The molecular weight excluding hydrogens is 1070 g/mol. The Bertz CT molecular complexity index is 2450. The average Bonchev–Trinajstić information content (AvgIpc) is 2.65. The molecule has 8 atom stereocenters. The van der Waals surface area contributed by atoms with Gasteiger partial charge >= 0.3 is 18.3 Å².